The molecule has 1 heterocycles. The Morgan fingerprint density at radius 1 is 1.12 bits per heavy atom. The van der Waals surface area contributed by atoms with Crippen LogP contribution in [0.15, 0.2) is 48.5 Å². The number of rotatable bonds is 5. The number of carbonyl (C=O) groups is 1. The standard InChI is InChI=1S/C19H19N3O3S/c20-13-16-6-3-4-8-18(16)21-19(23)10-12-26(24,25)22-11-9-15-5-1-2-7-17(15)14-22/h1-8H,9-12,14H2,(H,21,23). The fourth-order valence-corrected chi connectivity index (χ4v) is 4.37. The summed E-state index contributed by atoms with van der Waals surface area (Å²) < 4.78 is 26.6. The zero-order valence-corrected chi connectivity index (χ0v) is 15.0. The van der Waals surface area contributed by atoms with Gasteiger partial charge in [0.1, 0.15) is 6.07 Å². The predicted octanol–water partition coefficient (Wildman–Crippen LogP) is 2.27. The van der Waals surface area contributed by atoms with Crippen LogP contribution in [0, 0.1) is 11.3 Å². The molecular formula is C19H19N3O3S. The monoisotopic (exact) mass is 369 g/mol. The molecule has 0 saturated carbocycles. The first-order valence-corrected chi connectivity index (χ1v) is 9.94. The summed E-state index contributed by atoms with van der Waals surface area (Å²) in [5, 5.41) is 11.6. The second-order valence-corrected chi connectivity index (χ2v) is 8.21. The molecule has 0 fully saturated rings. The highest BCUT2D eigenvalue weighted by atomic mass is 32.2. The lowest BCUT2D eigenvalue weighted by atomic mass is 10.0. The van der Waals surface area contributed by atoms with Crippen LogP contribution in [0.25, 0.3) is 0 Å². The molecule has 0 aliphatic carbocycles. The van der Waals surface area contributed by atoms with Gasteiger partial charge in [-0.15, -0.1) is 0 Å². The molecule has 2 aromatic carbocycles. The van der Waals surface area contributed by atoms with E-state index in [1.807, 2.05) is 30.3 Å². The Morgan fingerprint density at radius 3 is 2.58 bits per heavy atom. The quantitative estimate of drug-likeness (QED) is 0.875. The van der Waals surface area contributed by atoms with Gasteiger partial charge < -0.3 is 5.32 Å². The van der Waals surface area contributed by atoms with Gasteiger partial charge in [0.05, 0.1) is 17.0 Å². The molecule has 0 bridgehead atoms. The molecule has 1 aliphatic heterocycles. The normalized spacial score (nSPS) is 14.3. The summed E-state index contributed by atoms with van der Waals surface area (Å²) in [6, 6.07) is 16.4. The Balaban J connectivity index is 1.60. The van der Waals surface area contributed by atoms with E-state index in [4.69, 9.17) is 5.26 Å². The number of sulfonamides is 1. The number of amides is 1. The Kier molecular flexibility index (Phi) is 5.35. The van der Waals surface area contributed by atoms with Crippen LogP contribution in [0.4, 0.5) is 5.69 Å². The molecule has 0 saturated heterocycles. The van der Waals surface area contributed by atoms with Gasteiger partial charge in [0.2, 0.25) is 15.9 Å². The number of benzene rings is 2. The first kappa shape index (κ1) is 18.1. The topological polar surface area (TPSA) is 90.3 Å². The maximum atomic E-state index is 12.6. The van der Waals surface area contributed by atoms with E-state index in [0.29, 0.717) is 30.8 Å². The van der Waals surface area contributed by atoms with Crippen LogP contribution >= 0.6 is 0 Å². The third-order valence-corrected chi connectivity index (χ3v) is 6.22. The fraction of sp³-hybridized carbons (Fsp3) is 0.263. The molecule has 1 N–H and O–H groups in total. The lowest BCUT2D eigenvalue weighted by Crippen LogP contribution is -2.38. The van der Waals surface area contributed by atoms with Crippen LogP contribution in [0.3, 0.4) is 0 Å². The van der Waals surface area contributed by atoms with Crippen LogP contribution in [0.2, 0.25) is 0 Å². The van der Waals surface area contributed by atoms with E-state index in [0.717, 1.165) is 5.56 Å². The molecular weight excluding hydrogens is 350 g/mol. The molecule has 6 nitrogen and oxygen atoms in total. The van der Waals surface area contributed by atoms with Crippen molar-refractivity contribution < 1.29 is 13.2 Å². The van der Waals surface area contributed by atoms with Gasteiger partial charge in [-0.2, -0.15) is 9.57 Å². The van der Waals surface area contributed by atoms with Crippen molar-refractivity contribution >= 4 is 21.6 Å². The predicted molar refractivity (Wildman–Crippen MR) is 98.7 cm³/mol. The first-order chi connectivity index (χ1) is 12.5. The average molecular weight is 369 g/mol. The van der Waals surface area contributed by atoms with Crippen molar-refractivity contribution in [1.29, 1.82) is 5.26 Å². The smallest absolute Gasteiger partial charge is 0.225 e. The third kappa shape index (κ3) is 4.10. The number of anilines is 1. The van der Waals surface area contributed by atoms with Crippen molar-refractivity contribution in [2.45, 2.75) is 19.4 Å². The van der Waals surface area contributed by atoms with Crippen molar-refractivity contribution in [1.82, 2.24) is 4.31 Å². The second kappa shape index (κ2) is 7.68. The van der Waals surface area contributed by atoms with Gasteiger partial charge in [0.15, 0.2) is 0 Å². The maximum absolute atomic E-state index is 12.6. The molecule has 0 atom stereocenters. The molecule has 0 radical (unpaired) electrons. The number of nitriles is 1. The highest BCUT2D eigenvalue weighted by molar-refractivity contribution is 7.89. The number of nitrogens with zero attached hydrogens (tertiary/aromatic N) is 2. The molecule has 26 heavy (non-hydrogen) atoms. The van der Waals surface area contributed by atoms with Gasteiger partial charge in [-0.05, 0) is 29.7 Å². The first-order valence-electron chi connectivity index (χ1n) is 8.33. The molecule has 0 spiro atoms. The van der Waals surface area contributed by atoms with Crippen molar-refractivity contribution in [3.8, 4) is 6.07 Å². The largest absolute Gasteiger partial charge is 0.325 e. The lowest BCUT2D eigenvalue weighted by Gasteiger charge is -2.28. The Bertz CT molecular complexity index is 964. The number of carbonyl (C=O) groups excluding carboxylic acids is 1. The Hall–Kier alpha value is -2.69. The minimum Gasteiger partial charge on any atom is -0.325 e. The van der Waals surface area contributed by atoms with Crippen molar-refractivity contribution in [3.63, 3.8) is 0 Å². The Labute approximate surface area is 153 Å². The summed E-state index contributed by atoms with van der Waals surface area (Å²) in [5.74, 6) is -0.677. The fourth-order valence-electron chi connectivity index (χ4n) is 2.96. The van der Waals surface area contributed by atoms with Gasteiger partial charge in [0, 0.05) is 19.5 Å². The van der Waals surface area contributed by atoms with Crippen LogP contribution in [-0.2, 0) is 27.8 Å². The van der Waals surface area contributed by atoms with E-state index in [2.05, 4.69) is 5.32 Å². The molecule has 1 amide bonds. The average Bonchev–Trinajstić information content (AvgIpc) is 2.66. The highest BCUT2D eigenvalue weighted by Crippen LogP contribution is 2.21. The number of para-hydroxylation sites is 1. The van der Waals surface area contributed by atoms with Crippen LogP contribution in [0.5, 0.6) is 0 Å². The lowest BCUT2D eigenvalue weighted by molar-refractivity contribution is -0.115. The summed E-state index contributed by atoms with van der Waals surface area (Å²) in [7, 11) is -3.52. The van der Waals surface area contributed by atoms with E-state index >= 15 is 0 Å². The van der Waals surface area contributed by atoms with Crippen molar-refractivity contribution in [2.24, 2.45) is 0 Å². The molecule has 2 aromatic rings. The Morgan fingerprint density at radius 2 is 1.81 bits per heavy atom. The summed E-state index contributed by atoms with van der Waals surface area (Å²) in [4.78, 5) is 12.1. The van der Waals surface area contributed by atoms with Gasteiger partial charge in [0.25, 0.3) is 0 Å². The zero-order valence-electron chi connectivity index (χ0n) is 14.2. The van der Waals surface area contributed by atoms with E-state index in [1.165, 1.54) is 9.87 Å². The number of nitrogens with one attached hydrogen (secondary N) is 1. The van der Waals surface area contributed by atoms with Gasteiger partial charge in [-0.1, -0.05) is 36.4 Å². The van der Waals surface area contributed by atoms with Crippen molar-refractivity contribution in [2.75, 3.05) is 17.6 Å². The minimum absolute atomic E-state index is 0.153. The highest BCUT2D eigenvalue weighted by Gasteiger charge is 2.27. The van der Waals surface area contributed by atoms with Gasteiger partial charge >= 0.3 is 0 Å². The van der Waals surface area contributed by atoms with E-state index < -0.39 is 15.9 Å². The number of hydrogen-bond donors (Lipinski definition) is 1. The van der Waals surface area contributed by atoms with E-state index in [-0.39, 0.29) is 12.2 Å². The van der Waals surface area contributed by atoms with Gasteiger partial charge in [-0.3, -0.25) is 4.79 Å². The molecule has 134 valence electrons. The SMILES string of the molecule is N#Cc1ccccc1NC(=O)CCS(=O)(=O)N1CCc2ccccc2C1. The molecule has 7 heteroatoms. The molecule has 0 unspecified atom stereocenters. The summed E-state index contributed by atoms with van der Waals surface area (Å²) in [6.45, 7) is 0.773. The van der Waals surface area contributed by atoms with Crippen LogP contribution in [0.1, 0.15) is 23.1 Å². The van der Waals surface area contributed by atoms with E-state index in [1.54, 1.807) is 24.3 Å². The zero-order chi connectivity index (χ0) is 18.6. The van der Waals surface area contributed by atoms with Crippen molar-refractivity contribution in [3.05, 3.63) is 65.2 Å². The summed E-state index contributed by atoms with van der Waals surface area (Å²) in [5.41, 5.74) is 2.92. The molecule has 3 rings (SSSR count). The molecule has 0 aromatic heterocycles. The third-order valence-electron chi connectivity index (χ3n) is 4.40. The number of hydrogen-bond acceptors (Lipinski definition) is 4. The second-order valence-electron chi connectivity index (χ2n) is 6.12. The number of fused-ring (bicyclic) bond motifs is 1. The maximum Gasteiger partial charge on any atom is 0.225 e. The minimum atomic E-state index is -3.52. The van der Waals surface area contributed by atoms with Crippen LogP contribution in [-0.4, -0.2) is 30.9 Å². The molecule has 1 aliphatic rings. The summed E-state index contributed by atoms with van der Waals surface area (Å²) >= 11 is 0. The van der Waals surface area contributed by atoms with Crippen LogP contribution < -0.4 is 5.32 Å². The van der Waals surface area contributed by atoms with Gasteiger partial charge in [-0.25, -0.2) is 8.42 Å². The van der Waals surface area contributed by atoms with E-state index in [9.17, 15) is 13.2 Å². The summed E-state index contributed by atoms with van der Waals surface area (Å²) in [6.07, 6.45) is 0.525.